The average molecular weight is 332 g/mol. The molecule has 4 aliphatic rings. The Morgan fingerprint density at radius 2 is 1.61 bits per heavy atom. The van der Waals surface area contributed by atoms with E-state index in [4.69, 9.17) is 11.6 Å². The van der Waals surface area contributed by atoms with Crippen LogP contribution in [0.5, 0.6) is 0 Å². The van der Waals surface area contributed by atoms with Crippen molar-refractivity contribution in [3.05, 3.63) is 34.9 Å². The molecule has 4 aliphatic carbocycles. The number of nitrogens with one attached hydrogen (secondary N) is 1. The van der Waals surface area contributed by atoms with Gasteiger partial charge in [0.15, 0.2) is 0 Å². The predicted molar refractivity (Wildman–Crippen MR) is 98.0 cm³/mol. The lowest BCUT2D eigenvalue weighted by molar-refractivity contribution is -0.0891. The predicted octanol–water partition coefficient (Wildman–Crippen LogP) is 5.56. The molecule has 1 nitrogen and oxygen atoms in total. The normalized spacial score (nSPS) is 39.9. The molecule has 0 spiro atoms. The Balaban J connectivity index is 1.69. The number of benzene rings is 1. The van der Waals surface area contributed by atoms with Crippen molar-refractivity contribution in [1.29, 1.82) is 0 Å². The van der Waals surface area contributed by atoms with E-state index in [2.05, 4.69) is 50.4 Å². The molecule has 4 fully saturated rings. The Labute approximate surface area is 146 Å². The van der Waals surface area contributed by atoms with Gasteiger partial charge in [-0.05, 0) is 85.8 Å². The summed E-state index contributed by atoms with van der Waals surface area (Å²) in [6.07, 6.45) is 8.54. The molecule has 23 heavy (non-hydrogen) atoms. The molecule has 0 radical (unpaired) electrons. The van der Waals surface area contributed by atoms with Gasteiger partial charge in [0.05, 0.1) is 0 Å². The smallest absolute Gasteiger partial charge is 0.0406 e. The minimum Gasteiger partial charge on any atom is -0.312 e. The zero-order valence-corrected chi connectivity index (χ0v) is 15.5. The molecule has 4 bridgehead atoms. The van der Waals surface area contributed by atoms with Crippen LogP contribution in [0.1, 0.15) is 64.9 Å². The van der Waals surface area contributed by atoms with E-state index < -0.39 is 0 Å². The van der Waals surface area contributed by atoms with Crippen LogP contribution >= 0.6 is 11.6 Å². The van der Waals surface area contributed by atoms with Gasteiger partial charge in [0.25, 0.3) is 0 Å². The van der Waals surface area contributed by atoms with Crippen molar-refractivity contribution in [2.75, 3.05) is 0 Å². The molecular formula is C21H30ClN. The first-order valence-corrected chi connectivity index (χ1v) is 9.81. The van der Waals surface area contributed by atoms with Crippen molar-refractivity contribution in [3.63, 3.8) is 0 Å². The molecule has 1 aromatic carbocycles. The van der Waals surface area contributed by atoms with Crippen molar-refractivity contribution in [1.82, 2.24) is 5.32 Å². The van der Waals surface area contributed by atoms with E-state index in [-0.39, 0.29) is 0 Å². The van der Waals surface area contributed by atoms with Crippen molar-refractivity contribution >= 4 is 11.6 Å². The summed E-state index contributed by atoms with van der Waals surface area (Å²) >= 11 is 6.14. The van der Waals surface area contributed by atoms with E-state index in [9.17, 15) is 0 Å². The molecule has 0 amide bonds. The SMILES string of the molecule is CC(C)N[C@@H](C)C12C[C@H]3C[C@@H](CC(c4ccc(Cl)cc4)(C3)C1)C2. The largest absolute Gasteiger partial charge is 0.312 e. The van der Waals surface area contributed by atoms with E-state index in [1.54, 1.807) is 5.56 Å². The molecule has 0 saturated heterocycles. The third kappa shape index (κ3) is 2.65. The van der Waals surface area contributed by atoms with Gasteiger partial charge in [0, 0.05) is 17.1 Å². The van der Waals surface area contributed by atoms with E-state index >= 15 is 0 Å². The monoisotopic (exact) mass is 331 g/mol. The topological polar surface area (TPSA) is 12.0 Å². The lowest BCUT2D eigenvalue weighted by atomic mass is 9.41. The molecule has 0 unspecified atom stereocenters. The highest BCUT2D eigenvalue weighted by Crippen LogP contribution is 2.66. The zero-order valence-electron chi connectivity index (χ0n) is 14.7. The number of hydrogen-bond acceptors (Lipinski definition) is 1. The van der Waals surface area contributed by atoms with Crippen LogP contribution in [0.15, 0.2) is 24.3 Å². The molecule has 5 rings (SSSR count). The Kier molecular flexibility index (Phi) is 3.81. The quantitative estimate of drug-likeness (QED) is 0.761. The van der Waals surface area contributed by atoms with Crippen molar-refractivity contribution in [2.24, 2.45) is 17.3 Å². The Morgan fingerprint density at radius 3 is 2.17 bits per heavy atom. The first-order chi connectivity index (χ1) is 10.9. The van der Waals surface area contributed by atoms with Crippen molar-refractivity contribution < 1.29 is 0 Å². The van der Waals surface area contributed by atoms with Crippen molar-refractivity contribution in [2.45, 2.75) is 76.8 Å². The minimum absolute atomic E-state index is 0.418. The second-order valence-corrected chi connectivity index (χ2v) is 9.59. The van der Waals surface area contributed by atoms with Gasteiger partial charge in [-0.25, -0.2) is 0 Å². The number of rotatable bonds is 4. The first-order valence-electron chi connectivity index (χ1n) is 9.43. The van der Waals surface area contributed by atoms with Gasteiger partial charge in [-0.3, -0.25) is 0 Å². The summed E-state index contributed by atoms with van der Waals surface area (Å²) < 4.78 is 0. The summed E-state index contributed by atoms with van der Waals surface area (Å²) in [4.78, 5) is 0. The van der Waals surface area contributed by atoms with Gasteiger partial charge in [-0.15, -0.1) is 0 Å². The highest BCUT2D eigenvalue weighted by Gasteiger charge is 2.59. The van der Waals surface area contributed by atoms with E-state index in [1.165, 1.54) is 38.5 Å². The number of halogens is 1. The molecule has 3 atom stereocenters. The van der Waals surface area contributed by atoms with Crippen LogP contribution in [0.2, 0.25) is 5.02 Å². The van der Waals surface area contributed by atoms with Crippen molar-refractivity contribution in [3.8, 4) is 0 Å². The lowest BCUT2D eigenvalue weighted by Gasteiger charge is -2.64. The molecule has 0 aliphatic heterocycles. The Morgan fingerprint density at radius 1 is 1.00 bits per heavy atom. The third-order valence-corrected chi connectivity index (χ3v) is 7.32. The second-order valence-electron chi connectivity index (χ2n) is 9.15. The van der Waals surface area contributed by atoms with Crippen LogP contribution in [0.4, 0.5) is 0 Å². The molecule has 0 aromatic heterocycles. The molecule has 126 valence electrons. The van der Waals surface area contributed by atoms with Gasteiger partial charge in [-0.2, -0.15) is 0 Å². The van der Waals surface area contributed by atoms with Crippen LogP contribution in [-0.4, -0.2) is 12.1 Å². The summed E-state index contributed by atoms with van der Waals surface area (Å²) in [7, 11) is 0. The highest BCUT2D eigenvalue weighted by atomic mass is 35.5. The first kappa shape index (κ1) is 16.0. The molecular weight excluding hydrogens is 302 g/mol. The van der Waals surface area contributed by atoms with E-state index in [0.717, 1.165) is 16.9 Å². The molecule has 4 saturated carbocycles. The van der Waals surface area contributed by atoms with Gasteiger partial charge in [0.2, 0.25) is 0 Å². The summed E-state index contributed by atoms with van der Waals surface area (Å²) in [6, 6.07) is 10.0. The molecule has 1 aromatic rings. The van der Waals surface area contributed by atoms with Gasteiger partial charge in [0.1, 0.15) is 0 Å². The third-order valence-electron chi connectivity index (χ3n) is 7.06. The zero-order chi connectivity index (χ0) is 16.2. The maximum Gasteiger partial charge on any atom is 0.0406 e. The molecule has 2 heteroatoms. The fraction of sp³-hybridized carbons (Fsp3) is 0.714. The minimum atomic E-state index is 0.418. The Bertz CT molecular complexity index is 562. The van der Waals surface area contributed by atoms with Crippen LogP contribution in [0.3, 0.4) is 0 Å². The molecule has 0 heterocycles. The lowest BCUT2D eigenvalue weighted by Crippen LogP contribution is -2.60. The fourth-order valence-electron chi connectivity index (χ4n) is 6.66. The maximum atomic E-state index is 6.14. The summed E-state index contributed by atoms with van der Waals surface area (Å²) in [6.45, 7) is 7.01. The summed E-state index contributed by atoms with van der Waals surface area (Å²) in [5.74, 6) is 1.87. The van der Waals surface area contributed by atoms with Crippen LogP contribution < -0.4 is 5.32 Å². The summed E-state index contributed by atoms with van der Waals surface area (Å²) in [5.41, 5.74) is 2.48. The van der Waals surface area contributed by atoms with E-state index in [1.807, 2.05) is 0 Å². The number of hydrogen-bond donors (Lipinski definition) is 1. The second kappa shape index (κ2) is 5.49. The maximum absolute atomic E-state index is 6.14. The van der Waals surface area contributed by atoms with Gasteiger partial charge >= 0.3 is 0 Å². The fourth-order valence-corrected chi connectivity index (χ4v) is 6.78. The van der Waals surface area contributed by atoms with Crippen LogP contribution in [0.25, 0.3) is 0 Å². The highest BCUT2D eigenvalue weighted by molar-refractivity contribution is 6.30. The van der Waals surface area contributed by atoms with Crippen LogP contribution in [0, 0.1) is 17.3 Å². The standard InChI is InChI=1S/C21H30ClN/c1-14(2)23-15(3)20-9-16-8-17(10-20)12-21(11-16,13-20)18-4-6-19(22)7-5-18/h4-7,14-17,23H,8-13H2,1-3H3/t15-,16+,17+,20?,21?/m0/s1. The average Bonchev–Trinajstić information content (AvgIpc) is 2.45. The van der Waals surface area contributed by atoms with Crippen LogP contribution in [-0.2, 0) is 5.41 Å². The van der Waals surface area contributed by atoms with Gasteiger partial charge in [-0.1, -0.05) is 37.6 Å². The summed E-state index contributed by atoms with van der Waals surface area (Å²) in [5, 5.41) is 4.72. The van der Waals surface area contributed by atoms with E-state index in [0.29, 0.717) is 22.9 Å². The van der Waals surface area contributed by atoms with Gasteiger partial charge < -0.3 is 5.32 Å². The molecule has 1 N–H and O–H groups in total. The Hall–Kier alpha value is -0.530.